The average molecular weight is 208 g/mol. The molecule has 1 unspecified atom stereocenters. The lowest BCUT2D eigenvalue weighted by Crippen LogP contribution is -2.22. The quantitative estimate of drug-likeness (QED) is 0.691. The van der Waals surface area contributed by atoms with Crippen LogP contribution < -0.4 is 10.6 Å². The number of aromatic amines is 1. The summed E-state index contributed by atoms with van der Waals surface area (Å²) < 4.78 is 0. The van der Waals surface area contributed by atoms with Crippen molar-refractivity contribution in [1.29, 1.82) is 0 Å². The Morgan fingerprint density at radius 3 is 2.87 bits per heavy atom. The van der Waals surface area contributed by atoms with Crippen molar-refractivity contribution in [2.45, 2.75) is 39.2 Å². The van der Waals surface area contributed by atoms with Gasteiger partial charge >= 0.3 is 0 Å². The number of nitrogens with one attached hydrogen (secondary N) is 3. The van der Waals surface area contributed by atoms with Crippen molar-refractivity contribution in [2.75, 3.05) is 18.4 Å². The lowest BCUT2D eigenvalue weighted by molar-refractivity contribution is 0.636. The normalized spacial score (nSPS) is 22.4. The van der Waals surface area contributed by atoms with Gasteiger partial charge in [0.1, 0.15) is 0 Å². The zero-order valence-corrected chi connectivity index (χ0v) is 9.56. The molecule has 1 fully saturated rings. The van der Waals surface area contributed by atoms with E-state index in [-0.39, 0.29) is 0 Å². The fraction of sp³-hybridized carbons (Fsp3) is 0.727. The maximum atomic E-state index is 4.20. The van der Waals surface area contributed by atoms with Gasteiger partial charge in [-0.2, -0.15) is 5.10 Å². The number of nitrogens with zero attached hydrogens (tertiary/aromatic N) is 1. The third-order valence-electron chi connectivity index (χ3n) is 3.05. The Bertz CT molecular complexity index is 291. The number of hydrogen-bond donors (Lipinski definition) is 3. The van der Waals surface area contributed by atoms with E-state index in [0.29, 0.717) is 6.04 Å². The molecular formula is C11H20N4. The molecule has 0 radical (unpaired) electrons. The molecule has 4 nitrogen and oxygen atoms in total. The summed E-state index contributed by atoms with van der Waals surface area (Å²) in [4.78, 5) is 0. The van der Waals surface area contributed by atoms with Crippen LogP contribution in [-0.2, 0) is 0 Å². The smallest absolute Gasteiger partial charge is 0.0825 e. The molecule has 1 aromatic heterocycles. The molecule has 0 saturated carbocycles. The highest BCUT2D eigenvalue weighted by molar-refractivity contribution is 5.52. The Morgan fingerprint density at radius 1 is 1.27 bits per heavy atom. The van der Waals surface area contributed by atoms with Crippen LogP contribution in [0.4, 0.5) is 5.69 Å². The van der Waals surface area contributed by atoms with Gasteiger partial charge in [-0.1, -0.05) is 0 Å². The lowest BCUT2D eigenvalue weighted by atomic mass is 10.1. The topological polar surface area (TPSA) is 52.7 Å². The zero-order valence-electron chi connectivity index (χ0n) is 9.56. The molecule has 2 heterocycles. The highest BCUT2D eigenvalue weighted by Crippen LogP contribution is 2.20. The lowest BCUT2D eigenvalue weighted by Gasteiger charge is -2.17. The minimum atomic E-state index is 0.593. The zero-order chi connectivity index (χ0) is 10.7. The van der Waals surface area contributed by atoms with Crippen LogP contribution in [0.25, 0.3) is 0 Å². The number of aryl methyl sites for hydroxylation is 2. The number of hydrogen-bond acceptors (Lipinski definition) is 3. The van der Waals surface area contributed by atoms with Crippen LogP contribution in [0.5, 0.6) is 0 Å². The van der Waals surface area contributed by atoms with E-state index < -0.39 is 0 Å². The van der Waals surface area contributed by atoms with Crippen molar-refractivity contribution in [3.63, 3.8) is 0 Å². The van der Waals surface area contributed by atoms with Gasteiger partial charge in [0.05, 0.1) is 17.1 Å². The summed E-state index contributed by atoms with van der Waals surface area (Å²) >= 11 is 0. The summed E-state index contributed by atoms with van der Waals surface area (Å²) in [6, 6.07) is 0.593. The molecule has 1 atom stereocenters. The molecule has 0 aliphatic carbocycles. The fourth-order valence-electron chi connectivity index (χ4n) is 2.13. The molecule has 0 amide bonds. The van der Waals surface area contributed by atoms with Gasteiger partial charge in [-0.3, -0.25) is 5.10 Å². The number of H-pyrrole nitrogens is 1. The standard InChI is InChI=1S/C11H20N4/c1-8-11(9(2)15-14-8)13-10-4-3-6-12-7-5-10/h10,12-13H,3-7H2,1-2H3,(H,14,15). The van der Waals surface area contributed by atoms with Crippen molar-refractivity contribution < 1.29 is 0 Å². The second-order valence-corrected chi connectivity index (χ2v) is 4.33. The first-order chi connectivity index (χ1) is 7.27. The van der Waals surface area contributed by atoms with Gasteiger partial charge in [0.25, 0.3) is 0 Å². The predicted molar refractivity (Wildman–Crippen MR) is 62.2 cm³/mol. The first-order valence-corrected chi connectivity index (χ1v) is 5.76. The van der Waals surface area contributed by atoms with Crippen molar-refractivity contribution in [3.05, 3.63) is 11.4 Å². The predicted octanol–water partition coefficient (Wildman–Crippen LogP) is 1.58. The molecule has 84 valence electrons. The molecule has 1 aliphatic rings. The Morgan fingerprint density at radius 2 is 2.13 bits per heavy atom. The second-order valence-electron chi connectivity index (χ2n) is 4.33. The average Bonchev–Trinajstić information content (AvgIpc) is 2.49. The first kappa shape index (κ1) is 10.5. The highest BCUT2D eigenvalue weighted by atomic mass is 15.2. The summed E-state index contributed by atoms with van der Waals surface area (Å²) in [6.07, 6.45) is 3.70. The Balaban J connectivity index is 2.00. The highest BCUT2D eigenvalue weighted by Gasteiger charge is 2.14. The van der Waals surface area contributed by atoms with E-state index in [2.05, 4.69) is 27.8 Å². The fourth-order valence-corrected chi connectivity index (χ4v) is 2.13. The van der Waals surface area contributed by atoms with Crippen molar-refractivity contribution >= 4 is 5.69 Å². The van der Waals surface area contributed by atoms with Gasteiger partial charge in [0.2, 0.25) is 0 Å². The molecule has 2 rings (SSSR count). The largest absolute Gasteiger partial charge is 0.379 e. The summed E-state index contributed by atoms with van der Waals surface area (Å²) in [5.41, 5.74) is 3.41. The summed E-state index contributed by atoms with van der Waals surface area (Å²) in [7, 11) is 0. The van der Waals surface area contributed by atoms with E-state index in [0.717, 1.165) is 24.5 Å². The van der Waals surface area contributed by atoms with E-state index in [1.165, 1.54) is 24.9 Å². The molecule has 1 aromatic rings. The van der Waals surface area contributed by atoms with Crippen molar-refractivity contribution in [1.82, 2.24) is 15.5 Å². The molecular weight excluding hydrogens is 188 g/mol. The molecule has 0 spiro atoms. The van der Waals surface area contributed by atoms with Gasteiger partial charge in [-0.15, -0.1) is 0 Å². The third-order valence-corrected chi connectivity index (χ3v) is 3.05. The Labute approximate surface area is 90.8 Å². The monoisotopic (exact) mass is 208 g/mol. The first-order valence-electron chi connectivity index (χ1n) is 5.76. The van der Waals surface area contributed by atoms with Crippen molar-refractivity contribution in [2.24, 2.45) is 0 Å². The van der Waals surface area contributed by atoms with Gasteiger partial charge in [0, 0.05) is 6.04 Å². The molecule has 1 aliphatic heterocycles. The Kier molecular flexibility index (Phi) is 3.26. The van der Waals surface area contributed by atoms with Crippen LogP contribution in [0.3, 0.4) is 0 Å². The summed E-state index contributed by atoms with van der Waals surface area (Å²) in [6.45, 7) is 6.38. The van der Waals surface area contributed by atoms with Crippen LogP contribution in [0.15, 0.2) is 0 Å². The van der Waals surface area contributed by atoms with E-state index in [9.17, 15) is 0 Å². The Hall–Kier alpha value is -1.03. The van der Waals surface area contributed by atoms with Gasteiger partial charge in [0.15, 0.2) is 0 Å². The minimum absolute atomic E-state index is 0.593. The molecule has 1 saturated heterocycles. The second kappa shape index (κ2) is 4.66. The maximum Gasteiger partial charge on any atom is 0.0825 e. The molecule has 3 N–H and O–H groups in total. The van der Waals surface area contributed by atoms with E-state index in [4.69, 9.17) is 0 Å². The van der Waals surface area contributed by atoms with Gasteiger partial charge in [-0.05, 0) is 46.2 Å². The van der Waals surface area contributed by atoms with E-state index in [1.807, 2.05) is 6.92 Å². The molecule has 4 heteroatoms. The molecule has 0 bridgehead atoms. The third kappa shape index (κ3) is 2.50. The SMILES string of the molecule is Cc1n[nH]c(C)c1NC1CCCNCC1. The van der Waals surface area contributed by atoms with E-state index >= 15 is 0 Å². The van der Waals surface area contributed by atoms with E-state index in [1.54, 1.807) is 0 Å². The van der Waals surface area contributed by atoms with Crippen LogP contribution in [-0.4, -0.2) is 29.3 Å². The minimum Gasteiger partial charge on any atom is -0.379 e. The van der Waals surface area contributed by atoms with Crippen LogP contribution >= 0.6 is 0 Å². The van der Waals surface area contributed by atoms with Crippen LogP contribution in [0.1, 0.15) is 30.7 Å². The van der Waals surface area contributed by atoms with Crippen molar-refractivity contribution in [3.8, 4) is 0 Å². The van der Waals surface area contributed by atoms with Gasteiger partial charge < -0.3 is 10.6 Å². The maximum absolute atomic E-state index is 4.20. The molecule has 15 heavy (non-hydrogen) atoms. The number of rotatable bonds is 2. The molecule has 0 aromatic carbocycles. The van der Waals surface area contributed by atoms with Crippen LogP contribution in [0.2, 0.25) is 0 Å². The number of anilines is 1. The van der Waals surface area contributed by atoms with Gasteiger partial charge in [-0.25, -0.2) is 0 Å². The van der Waals surface area contributed by atoms with Crippen LogP contribution in [0, 0.1) is 13.8 Å². The number of aromatic nitrogens is 2. The summed E-state index contributed by atoms with van der Waals surface area (Å²) in [5, 5.41) is 14.2. The summed E-state index contributed by atoms with van der Waals surface area (Å²) in [5.74, 6) is 0.